The van der Waals surface area contributed by atoms with Crippen LogP contribution in [0.4, 0.5) is 0 Å². The Bertz CT molecular complexity index is 815. The van der Waals surface area contributed by atoms with Crippen LogP contribution >= 0.6 is 11.6 Å². The summed E-state index contributed by atoms with van der Waals surface area (Å²) in [4.78, 5) is 4.26. The molecule has 1 atom stereocenters. The Morgan fingerprint density at radius 3 is 2.88 bits per heavy atom. The molecule has 8 heteroatoms. The molecule has 1 saturated heterocycles. The lowest BCUT2D eigenvalue weighted by Gasteiger charge is -2.35. The molecule has 1 N–H and O–H groups in total. The predicted molar refractivity (Wildman–Crippen MR) is 91.7 cm³/mol. The van der Waals surface area contributed by atoms with E-state index < -0.39 is 10.0 Å². The fourth-order valence-corrected chi connectivity index (χ4v) is 4.74. The Balaban J connectivity index is 1.99. The number of nitrogens with zero attached hydrogens (tertiary/aromatic N) is 2. The standard InChI is InChI=1S/C16H18ClN3O3S/c1-23-16-5-4-13(9-14(16)17)24(21,22)20-8-7-19-11-15(20)12-3-2-6-18-10-12/h2-6,9-10,15,19H,7-8,11H2,1H3. The van der Waals surface area contributed by atoms with Crippen LogP contribution in [0.2, 0.25) is 5.02 Å². The Morgan fingerprint density at radius 1 is 1.38 bits per heavy atom. The first-order valence-electron chi connectivity index (χ1n) is 7.50. The van der Waals surface area contributed by atoms with Crippen LogP contribution in [-0.2, 0) is 10.0 Å². The maximum absolute atomic E-state index is 13.1. The molecule has 1 aromatic heterocycles. The summed E-state index contributed by atoms with van der Waals surface area (Å²) in [6.45, 7) is 1.51. The van der Waals surface area contributed by atoms with Gasteiger partial charge >= 0.3 is 0 Å². The van der Waals surface area contributed by atoms with Crippen molar-refractivity contribution in [2.45, 2.75) is 10.9 Å². The van der Waals surface area contributed by atoms with Gasteiger partial charge in [-0.05, 0) is 29.8 Å². The molecule has 6 nitrogen and oxygen atoms in total. The van der Waals surface area contributed by atoms with Gasteiger partial charge in [-0.25, -0.2) is 8.42 Å². The van der Waals surface area contributed by atoms with Crippen molar-refractivity contribution in [1.82, 2.24) is 14.6 Å². The molecule has 1 aromatic carbocycles. The van der Waals surface area contributed by atoms with E-state index in [1.54, 1.807) is 24.5 Å². The zero-order chi connectivity index (χ0) is 17.2. The number of ether oxygens (including phenoxy) is 1. The van der Waals surface area contributed by atoms with Gasteiger partial charge in [0.25, 0.3) is 0 Å². The molecule has 2 aromatic rings. The van der Waals surface area contributed by atoms with Crippen molar-refractivity contribution in [2.24, 2.45) is 0 Å². The van der Waals surface area contributed by atoms with Gasteiger partial charge in [0.1, 0.15) is 5.75 Å². The fourth-order valence-electron chi connectivity index (χ4n) is 2.77. The summed E-state index contributed by atoms with van der Waals surface area (Å²) in [6.07, 6.45) is 3.36. The Hall–Kier alpha value is -1.67. The minimum atomic E-state index is -3.68. The molecule has 0 spiro atoms. The second-order valence-electron chi connectivity index (χ2n) is 5.42. The summed E-state index contributed by atoms with van der Waals surface area (Å²) in [5.74, 6) is 0.444. The smallest absolute Gasteiger partial charge is 0.243 e. The number of nitrogens with one attached hydrogen (secondary N) is 1. The van der Waals surface area contributed by atoms with Crippen molar-refractivity contribution in [3.8, 4) is 5.75 Å². The highest BCUT2D eigenvalue weighted by Crippen LogP contribution is 2.32. The average Bonchev–Trinajstić information content (AvgIpc) is 2.62. The molecule has 0 aliphatic carbocycles. The van der Waals surface area contributed by atoms with Gasteiger partial charge in [0.05, 0.1) is 23.1 Å². The quantitative estimate of drug-likeness (QED) is 0.895. The highest BCUT2D eigenvalue weighted by molar-refractivity contribution is 7.89. The number of aromatic nitrogens is 1. The van der Waals surface area contributed by atoms with Crippen molar-refractivity contribution in [1.29, 1.82) is 0 Å². The zero-order valence-corrected chi connectivity index (χ0v) is 14.7. The minimum Gasteiger partial charge on any atom is -0.495 e. The van der Waals surface area contributed by atoms with Gasteiger partial charge in [-0.3, -0.25) is 4.98 Å². The van der Waals surface area contributed by atoms with Gasteiger partial charge in [-0.15, -0.1) is 0 Å². The number of rotatable bonds is 4. The normalized spacial score (nSPS) is 19.2. The van der Waals surface area contributed by atoms with Crippen LogP contribution in [0.15, 0.2) is 47.6 Å². The maximum atomic E-state index is 13.1. The van der Waals surface area contributed by atoms with Crippen LogP contribution < -0.4 is 10.1 Å². The largest absolute Gasteiger partial charge is 0.495 e. The first kappa shape index (κ1) is 17.2. The SMILES string of the molecule is COc1ccc(S(=O)(=O)N2CCNCC2c2cccnc2)cc1Cl. The molecule has 24 heavy (non-hydrogen) atoms. The van der Waals surface area contributed by atoms with Crippen LogP contribution in [0, 0.1) is 0 Å². The third kappa shape index (κ3) is 3.25. The zero-order valence-electron chi connectivity index (χ0n) is 13.1. The summed E-state index contributed by atoms with van der Waals surface area (Å²) in [5, 5.41) is 3.51. The van der Waals surface area contributed by atoms with Crippen molar-refractivity contribution in [2.75, 3.05) is 26.7 Å². The Morgan fingerprint density at radius 2 is 2.21 bits per heavy atom. The van der Waals surface area contributed by atoms with E-state index in [0.29, 0.717) is 25.4 Å². The topological polar surface area (TPSA) is 71.5 Å². The van der Waals surface area contributed by atoms with Crippen molar-refractivity contribution >= 4 is 21.6 Å². The van der Waals surface area contributed by atoms with Crippen LogP contribution in [0.25, 0.3) is 0 Å². The Labute approximate surface area is 146 Å². The first-order chi connectivity index (χ1) is 11.5. The number of hydrogen-bond donors (Lipinski definition) is 1. The van der Waals surface area contributed by atoms with Crippen molar-refractivity contribution in [3.63, 3.8) is 0 Å². The fraction of sp³-hybridized carbons (Fsp3) is 0.312. The molecule has 2 heterocycles. The summed E-state index contributed by atoms with van der Waals surface area (Å²) in [5.41, 5.74) is 0.855. The number of hydrogen-bond acceptors (Lipinski definition) is 5. The molecule has 128 valence electrons. The minimum absolute atomic E-state index is 0.157. The number of piperazine rings is 1. The first-order valence-corrected chi connectivity index (χ1v) is 9.32. The van der Waals surface area contributed by atoms with Crippen LogP contribution in [0.5, 0.6) is 5.75 Å². The van der Waals surface area contributed by atoms with E-state index in [1.807, 2.05) is 6.07 Å². The number of pyridine rings is 1. The van der Waals surface area contributed by atoms with E-state index in [2.05, 4.69) is 10.3 Å². The monoisotopic (exact) mass is 367 g/mol. The maximum Gasteiger partial charge on any atom is 0.243 e. The van der Waals surface area contributed by atoms with Crippen molar-refractivity contribution in [3.05, 3.63) is 53.3 Å². The molecule has 1 fully saturated rings. The van der Waals surface area contributed by atoms with E-state index in [9.17, 15) is 8.42 Å². The van der Waals surface area contributed by atoms with E-state index in [0.717, 1.165) is 5.56 Å². The number of benzene rings is 1. The lowest BCUT2D eigenvalue weighted by Crippen LogP contribution is -2.48. The molecule has 3 rings (SSSR count). The lowest BCUT2D eigenvalue weighted by atomic mass is 10.1. The summed E-state index contributed by atoms with van der Waals surface area (Å²) in [7, 11) is -2.19. The number of methoxy groups -OCH3 is 1. The second kappa shape index (κ2) is 7.06. The van der Waals surface area contributed by atoms with E-state index in [1.165, 1.54) is 23.5 Å². The third-order valence-corrected chi connectivity index (χ3v) is 6.19. The van der Waals surface area contributed by atoms with Gasteiger partial charge in [0, 0.05) is 32.0 Å². The van der Waals surface area contributed by atoms with Gasteiger partial charge in [0.15, 0.2) is 0 Å². The summed E-state index contributed by atoms with van der Waals surface area (Å²) in [6, 6.07) is 7.89. The Kier molecular flexibility index (Phi) is 5.05. The van der Waals surface area contributed by atoms with E-state index in [-0.39, 0.29) is 16.0 Å². The molecule has 0 amide bonds. The molecular weight excluding hydrogens is 350 g/mol. The molecule has 1 aliphatic rings. The second-order valence-corrected chi connectivity index (χ2v) is 7.72. The highest BCUT2D eigenvalue weighted by Gasteiger charge is 2.34. The molecular formula is C16H18ClN3O3S. The molecule has 1 aliphatic heterocycles. The number of sulfonamides is 1. The summed E-state index contributed by atoms with van der Waals surface area (Å²) < 4.78 is 32.8. The summed E-state index contributed by atoms with van der Waals surface area (Å²) >= 11 is 6.10. The van der Waals surface area contributed by atoms with Gasteiger partial charge in [0.2, 0.25) is 10.0 Å². The van der Waals surface area contributed by atoms with Crippen LogP contribution in [0.1, 0.15) is 11.6 Å². The van der Waals surface area contributed by atoms with Crippen molar-refractivity contribution < 1.29 is 13.2 Å². The molecule has 0 saturated carbocycles. The predicted octanol–water partition coefficient (Wildman–Crippen LogP) is 2.08. The lowest BCUT2D eigenvalue weighted by molar-refractivity contribution is 0.271. The molecule has 0 radical (unpaired) electrons. The van der Waals surface area contributed by atoms with E-state index >= 15 is 0 Å². The van der Waals surface area contributed by atoms with Crippen LogP contribution in [-0.4, -0.2) is 44.5 Å². The number of halogens is 1. The van der Waals surface area contributed by atoms with E-state index in [4.69, 9.17) is 16.3 Å². The van der Waals surface area contributed by atoms with Gasteiger partial charge in [-0.2, -0.15) is 4.31 Å². The van der Waals surface area contributed by atoms with Gasteiger partial charge in [-0.1, -0.05) is 17.7 Å². The van der Waals surface area contributed by atoms with Crippen LogP contribution in [0.3, 0.4) is 0 Å². The average molecular weight is 368 g/mol. The highest BCUT2D eigenvalue weighted by atomic mass is 35.5. The molecule has 1 unspecified atom stereocenters. The third-order valence-electron chi connectivity index (χ3n) is 3.99. The van der Waals surface area contributed by atoms with Gasteiger partial charge < -0.3 is 10.1 Å². The molecule has 0 bridgehead atoms.